The van der Waals surface area contributed by atoms with Crippen LogP contribution in [-0.2, 0) is 24.6 Å². The van der Waals surface area contributed by atoms with Crippen LogP contribution in [0.5, 0.6) is 17.2 Å². The summed E-state index contributed by atoms with van der Waals surface area (Å²) in [7, 11) is 2.86. The smallest absolute Gasteiger partial charge is 0.231 e. The van der Waals surface area contributed by atoms with Crippen molar-refractivity contribution in [1.82, 2.24) is 5.32 Å². The first-order chi connectivity index (χ1) is 21.3. The maximum Gasteiger partial charge on any atom is 0.231 e. The molecule has 222 valence electrons. The summed E-state index contributed by atoms with van der Waals surface area (Å²) in [5, 5.41) is 13.3. The van der Waals surface area contributed by atoms with Gasteiger partial charge < -0.3 is 14.6 Å². The molecule has 1 saturated carbocycles. The first-order valence-corrected chi connectivity index (χ1v) is 14.7. The van der Waals surface area contributed by atoms with Crippen LogP contribution in [0.25, 0.3) is 5.57 Å². The molecule has 4 aliphatic rings. The van der Waals surface area contributed by atoms with Crippen LogP contribution in [0, 0.1) is 23.7 Å². The lowest BCUT2D eigenvalue weighted by atomic mass is 9.44. The van der Waals surface area contributed by atoms with Gasteiger partial charge in [-0.2, -0.15) is 0 Å². The molecule has 3 aromatic carbocycles. The molecule has 3 aliphatic carbocycles. The van der Waals surface area contributed by atoms with Crippen molar-refractivity contribution in [2.45, 2.75) is 24.2 Å². The van der Waals surface area contributed by atoms with Crippen molar-refractivity contribution in [3.05, 3.63) is 107 Å². The number of aromatic hydroxyl groups is 1. The third kappa shape index (κ3) is 3.83. The Bertz CT molecular complexity index is 1750. The molecule has 1 heterocycles. The molecule has 2 N–H and O–H groups in total. The Balaban J connectivity index is 1.55. The molecular formula is C36H31NO7. The second-order valence-corrected chi connectivity index (χ2v) is 11.9. The predicted octanol–water partition coefficient (Wildman–Crippen LogP) is 4.52. The quantitative estimate of drug-likeness (QED) is 0.332. The molecule has 0 unspecified atom stereocenters. The van der Waals surface area contributed by atoms with Crippen LogP contribution in [0.1, 0.15) is 35.4 Å². The van der Waals surface area contributed by atoms with Crippen molar-refractivity contribution in [3.63, 3.8) is 0 Å². The Morgan fingerprint density at radius 2 is 1.48 bits per heavy atom. The number of methoxy groups -OCH3 is 2. The zero-order valence-corrected chi connectivity index (χ0v) is 24.3. The van der Waals surface area contributed by atoms with Crippen LogP contribution in [0.2, 0.25) is 0 Å². The summed E-state index contributed by atoms with van der Waals surface area (Å²) >= 11 is 0. The van der Waals surface area contributed by atoms with E-state index in [4.69, 9.17) is 9.47 Å². The highest BCUT2D eigenvalue weighted by Gasteiger charge is 2.65. The third-order valence-electron chi connectivity index (χ3n) is 10.1. The van der Waals surface area contributed by atoms with Gasteiger partial charge in [-0.05, 0) is 53.7 Å². The number of amides is 2. The molecule has 44 heavy (non-hydrogen) atoms. The lowest BCUT2D eigenvalue weighted by Crippen LogP contribution is -2.58. The molecule has 0 spiro atoms. The lowest BCUT2D eigenvalue weighted by Gasteiger charge is -2.55. The zero-order valence-electron chi connectivity index (χ0n) is 24.3. The van der Waals surface area contributed by atoms with Crippen molar-refractivity contribution in [1.29, 1.82) is 0 Å². The van der Waals surface area contributed by atoms with Crippen LogP contribution in [0.3, 0.4) is 0 Å². The van der Waals surface area contributed by atoms with Gasteiger partial charge in [0.1, 0.15) is 0 Å². The van der Waals surface area contributed by atoms with E-state index in [-0.39, 0.29) is 47.1 Å². The van der Waals surface area contributed by atoms with Crippen molar-refractivity contribution >= 4 is 29.0 Å². The van der Waals surface area contributed by atoms with Crippen molar-refractivity contribution in [2.24, 2.45) is 23.7 Å². The summed E-state index contributed by atoms with van der Waals surface area (Å²) in [5.74, 6) is -4.20. The first kappa shape index (κ1) is 27.8. The minimum atomic E-state index is -1.38. The van der Waals surface area contributed by atoms with E-state index in [2.05, 4.69) is 5.32 Å². The van der Waals surface area contributed by atoms with Crippen molar-refractivity contribution < 1.29 is 33.8 Å². The Kier molecular flexibility index (Phi) is 6.53. The molecule has 3 aromatic rings. The van der Waals surface area contributed by atoms with E-state index in [9.17, 15) is 24.3 Å². The standard InChI is InChI=1S/C36H31NO7/c1-43-27-15-20(16-28(44-2)33(27)40)31-22-13-14-23-30(35(42)37-34(23)41)25(22)17-26-32(39)24(19-9-5-3-6-10-19)18-29(38)36(26,31)21-11-7-4-8-12-21/h3-13,15-16,18,23,25-26,30-31,40H,14,17H2,1-2H3,(H,37,41,42)/t23-,25+,26-,30-,31-,36-/m0/s1. The number of imide groups is 1. The Hall–Kier alpha value is -4.98. The highest BCUT2D eigenvalue weighted by atomic mass is 16.5. The molecule has 0 radical (unpaired) electrons. The Labute approximate surface area is 254 Å². The van der Waals surface area contributed by atoms with Crippen LogP contribution in [0.4, 0.5) is 0 Å². The van der Waals surface area contributed by atoms with E-state index in [1.54, 1.807) is 12.1 Å². The summed E-state index contributed by atoms with van der Waals surface area (Å²) < 4.78 is 11.1. The summed E-state index contributed by atoms with van der Waals surface area (Å²) in [6, 6.07) is 21.8. The molecule has 2 fully saturated rings. The van der Waals surface area contributed by atoms with Crippen LogP contribution >= 0.6 is 0 Å². The number of fused-ring (bicyclic) bond motifs is 4. The van der Waals surface area contributed by atoms with Gasteiger partial charge >= 0.3 is 0 Å². The average Bonchev–Trinajstić information content (AvgIpc) is 3.35. The monoisotopic (exact) mass is 589 g/mol. The molecule has 0 aromatic heterocycles. The molecule has 2 amide bonds. The van der Waals surface area contributed by atoms with Gasteiger partial charge in [0.25, 0.3) is 0 Å². The minimum Gasteiger partial charge on any atom is -0.502 e. The van der Waals surface area contributed by atoms with E-state index in [1.807, 2.05) is 66.7 Å². The van der Waals surface area contributed by atoms with Gasteiger partial charge in [-0.1, -0.05) is 72.3 Å². The number of ether oxygens (including phenoxy) is 2. The third-order valence-corrected chi connectivity index (χ3v) is 10.1. The van der Waals surface area contributed by atoms with E-state index in [0.29, 0.717) is 28.7 Å². The number of allylic oxidation sites excluding steroid dienone is 4. The lowest BCUT2D eigenvalue weighted by molar-refractivity contribution is -0.135. The zero-order chi connectivity index (χ0) is 30.7. The number of carbonyl (C=O) groups is 4. The average molecular weight is 590 g/mol. The molecular weight excluding hydrogens is 558 g/mol. The maximum atomic E-state index is 15.0. The van der Waals surface area contributed by atoms with Gasteiger partial charge in [-0.15, -0.1) is 0 Å². The summed E-state index contributed by atoms with van der Waals surface area (Å²) in [5.41, 5.74) is 1.70. The Morgan fingerprint density at radius 1 is 0.841 bits per heavy atom. The number of benzene rings is 3. The molecule has 1 aliphatic heterocycles. The van der Waals surface area contributed by atoms with Crippen LogP contribution < -0.4 is 14.8 Å². The largest absolute Gasteiger partial charge is 0.502 e. The summed E-state index contributed by atoms with van der Waals surface area (Å²) in [6.07, 6.45) is 4.01. The number of phenolic OH excluding ortho intramolecular Hbond substituents is 1. The van der Waals surface area contributed by atoms with Crippen LogP contribution in [0.15, 0.2) is 90.5 Å². The normalized spacial score (nSPS) is 29.1. The van der Waals surface area contributed by atoms with Crippen LogP contribution in [-0.4, -0.2) is 42.7 Å². The van der Waals surface area contributed by atoms with Gasteiger partial charge in [-0.3, -0.25) is 24.5 Å². The van der Waals surface area contributed by atoms with E-state index in [0.717, 1.165) is 5.57 Å². The molecule has 6 atom stereocenters. The van der Waals surface area contributed by atoms with Gasteiger partial charge in [-0.25, -0.2) is 0 Å². The van der Waals surface area contributed by atoms with Gasteiger partial charge in [0.05, 0.1) is 31.5 Å². The molecule has 1 saturated heterocycles. The Morgan fingerprint density at radius 3 is 2.11 bits per heavy atom. The highest BCUT2D eigenvalue weighted by Crippen LogP contribution is 2.64. The predicted molar refractivity (Wildman–Crippen MR) is 161 cm³/mol. The summed E-state index contributed by atoms with van der Waals surface area (Å²) in [4.78, 5) is 55.9. The van der Waals surface area contributed by atoms with Crippen molar-refractivity contribution in [3.8, 4) is 17.2 Å². The topological polar surface area (TPSA) is 119 Å². The fourth-order valence-corrected chi connectivity index (χ4v) is 8.24. The van der Waals surface area contributed by atoms with Gasteiger partial charge in [0.2, 0.25) is 17.6 Å². The number of hydrogen-bond donors (Lipinski definition) is 2. The number of ketones is 2. The number of rotatable bonds is 5. The van der Waals surface area contributed by atoms with Gasteiger partial charge in [0.15, 0.2) is 23.1 Å². The molecule has 8 nitrogen and oxygen atoms in total. The fraction of sp³-hybridized carbons (Fsp3) is 0.278. The second-order valence-electron chi connectivity index (χ2n) is 11.9. The fourth-order valence-electron chi connectivity index (χ4n) is 8.24. The van der Waals surface area contributed by atoms with E-state index in [1.165, 1.54) is 20.3 Å². The summed E-state index contributed by atoms with van der Waals surface area (Å²) in [6.45, 7) is 0. The maximum absolute atomic E-state index is 15.0. The number of carbonyl (C=O) groups excluding carboxylic acids is 4. The molecule has 7 rings (SSSR count). The molecule has 0 bridgehead atoms. The number of hydrogen-bond acceptors (Lipinski definition) is 7. The number of nitrogens with one attached hydrogen (secondary N) is 1. The highest BCUT2D eigenvalue weighted by molar-refractivity contribution is 6.31. The van der Waals surface area contributed by atoms with E-state index < -0.39 is 35.0 Å². The van der Waals surface area contributed by atoms with Gasteiger partial charge in [0, 0.05) is 17.4 Å². The number of Topliss-reactive ketones (excluding diaryl/α,β-unsaturated/α-hetero) is 1. The SMILES string of the molecule is COc1cc([C@H]2C3=CC[C@@H]4C(=O)NC(=O)[C@@H]4[C@@H]3C[C@H]3C(=O)C(c4ccccc4)=CC(=O)[C@@]23c2ccccc2)cc(OC)c1O. The minimum absolute atomic E-state index is 0.152. The first-order valence-electron chi connectivity index (χ1n) is 14.7. The number of phenols is 1. The van der Waals surface area contributed by atoms with Crippen molar-refractivity contribution in [2.75, 3.05) is 14.2 Å². The van der Waals surface area contributed by atoms with E-state index >= 15 is 0 Å². The second kappa shape index (κ2) is 10.3. The molecule has 8 heteroatoms.